The Labute approximate surface area is 165 Å². The normalized spacial score (nSPS) is 17.7. The van der Waals surface area contributed by atoms with Gasteiger partial charge in [0.05, 0.1) is 21.6 Å². The number of carboxylic acid groups (broad SMARTS) is 1. The first-order valence-electron chi connectivity index (χ1n) is 9.01. The Bertz CT molecular complexity index is 1100. The highest BCUT2D eigenvalue weighted by atomic mass is 35.5. The number of piperazine rings is 1. The Morgan fingerprint density at radius 2 is 1.96 bits per heavy atom. The van der Waals surface area contributed by atoms with Crippen molar-refractivity contribution in [3.63, 3.8) is 0 Å². The number of aromatic nitrogens is 1. The maximum absolute atomic E-state index is 15.3. The van der Waals surface area contributed by atoms with E-state index in [4.69, 9.17) is 11.6 Å². The van der Waals surface area contributed by atoms with Crippen molar-refractivity contribution in [1.82, 2.24) is 9.47 Å². The lowest BCUT2D eigenvalue weighted by molar-refractivity contribution is 0.0695. The van der Waals surface area contributed by atoms with E-state index < -0.39 is 27.8 Å². The summed E-state index contributed by atoms with van der Waals surface area (Å²) in [5, 5.41) is 18.6. The van der Waals surface area contributed by atoms with Crippen molar-refractivity contribution in [3.05, 3.63) is 38.4 Å². The van der Waals surface area contributed by atoms with Gasteiger partial charge in [-0.15, -0.1) is 0 Å². The maximum Gasteiger partial charge on any atom is 0.341 e. The fourth-order valence-electron chi connectivity index (χ4n) is 3.75. The average Bonchev–Trinajstić information content (AvgIpc) is 3.50. The number of hydrogen-bond donors (Lipinski definition) is 1. The predicted octanol–water partition coefficient (Wildman–Crippen LogP) is 2.45. The molecule has 0 amide bonds. The number of pyridine rings is 1. The highest BCUT2D eigenvalue weighted by Crippen LogP contribution is 2.42. The number of nitrogens with zero attached hydrogens (tertiary/aromatic N) is 4. The molecule has 2 aromatic rings. The van der Waals surface area contributed by atoms with Gasteiger partial charge in [-0.2, -0.15) is 5.26 Å². The molecular formula is C19H18ClFN4O3. The lowest BCUT2D eigenvalue weighted by atomic mass is 10.0. The Balaban J connectivity index is 2.09. The minimum absolute atomic E-state index is 0.0300. The molecule has 7 nitrogen and oxygen atoms in total. The fourth-order valence-corrected chi connectivity index (χ4v) is 4.02. The summed E-state index contributed by atoms with van der Waals surface area (Å²) in [6, 6.07) is 2.02. The monoisotopic (exact) mass is 404 g/mol. The van der Waals surface area contributed by atoms with E-state index in [1.54, 1.807) is 9.47 Å². The highest BCUT2D eigenvalue weighted by Gasteiger charge is 2.33. The second kappa shape index (κ2) is 6.76. The first kappa shape index (κ1) is 18.7. The quantitative estimate of drug-likeness (QED) is 0.845. The van der Waals surface area contributed by atoms with Crippen LogP contribution in [0.15, 0.2) is 11.0 Å². The van der Waals surface area contributed by atoms with Crippen LogP contribution in [-0.2, 0) is 0 Å². The number of fused-ring (bicyclic) bond motifs is 1. The van der Waals surface area contributed by atoms with E-state index in [0.29, 0.717) is 26.2 Å². The summed E-state index contributed by atoms with van der Waals surface area (Å²) >= 11 is 6.26. The van der Waals surface area contributed by atoms with E-state index in [-0.39, 0.29) is 28.2 Å². The zero-order valence-corrected chi connectivity index (χ0v) is 16.0. The minimum atomic E-state index is -1.40. The van der Waals surface area contributed by atoms with Gasteiger partial charge in [-0.25, -0.2) is 9.18 Å². The van der Waals surface area contributed by atoms with E-state index in [1.165, 1.54) is 6.20 Å². The molecule has 1 aliphatic heterocycles. The van der Waals surface area contributed by atoms with Gasteiger partial charge in [0.15, 0.2) is 5.82 Å². The second-order valence-electron chi connectivity index (χ2n) is 7.29. The molecule has 0 bridgehead atoms. The molecule has 146 valence electrons. The smallest absolute Gasteiger partial charge is 0.341 e. The molecule has 0 atom stereocenters. The lowest BCUT2D eigenvalue weighted by Gasteiger charge is -2.35. The molecule has 2 fully saturated rings. The number of benzene rings is 1. The topological polar surface area (TPSA) is 89.6 Å². The first-order chi connectivity index (χ1) is 13.3. The summed E-state index contributed by atoms with van der Waals surface area (Å²) in [7, 11) is 1.96. The summed E-state index contributed by atoms with van der Waals surface area (Å²) in [5.41, 5.74) is -1.01. The molecule has 1 saturated heterocycles. The molecule has 2 aliphatic rings. The van der Waals surface area contributed by atoms with Crippen LogP contribution in [0.3, 0.4) is 0 Å². The van der Waals surface area contributed by atoms with E-state index >= 15 is 4.39 Å². The van der Waals surface area contributed by atoms with Crippen molar-refractivity contribution < 1.29 is 14.3 Å². The van der Waals surface area contributed by atoms with Gasteiger partial charge >= 0.3 is 5.97 Å². The number of likely N-dealkylation sites (N-methyl/N-ethyl adjacent to an activating group) is 1. The molecule has 2 heterocycles. The zero-order valence-electron chi connectivity index (χ0n) is 15.2. The van der Waals surface area contributed by atoms with Gasteiger partial charge < -0.3 is 19.5 Å². The van der Waals surface area contributed by atoms with Crippen LogP contribution in [0.1, 0.15) is 34.8 Å². The van der Waals surface area contributed by atoms with Crippen molar-refractivity contribution in [1.29, 1.82) is 5.26 Å². The van der Waals surface area contributed by atoms with Crippen LogP contribution < -0.4 is 10.3 Å². The van der Waals surface area contributed by atoms with Gasteiger partial charge in [-0.3, -0.25) is 4.79 Å². The largest absolute Gasteiger partial charge is 0.477 e. The highest BCUT2D eigenvalue weighted by molar-refractivity contribution is 6.36. The standard InChI is InChI=1S/C19H18ClFN4O3/c1-23-4-6-24(7-5-23)17-11(8-22)16-13(14(20)15(17)21)18(26)12(19(27)28)9-25(16)10-2-3-10/h9-10H,2-7H2,1H3,(H,27,28). The maximum atomic E-state index is 15.3. The lowest BCUT2D eigenvalue weighted by Crippen LogP contribution is -2.45. The molecule has 1 saturated carbocycles. The number of carboxylic acids is 1. The summed E-state index contributed by atoms with van der Waals surface area (Å²) in [6.07, 6.45) is 2.84. The number of aromatic carboxylic acids is 1. The van der Waals surface area contributed by atoms with Crippen LogP contribution in [0, 0.1) is 17.1 Å². The molecule has 1 aromatic carbocycles. The predicted molar refractivity (Wildman–Crippen MR) is 103 cm³/mol. The van der Waals surface area contributed by atoms with E-state index in [1.807, 2.05) is 7.05 Å². The number of halogens is 2. The Morgan fingerprint density at radius 3 is 2.50 bits per heavy atom. The Morgan fingerprint density at radius 1 is 1.32 bits per heavy atom. The average molecular weight is 405 g/mol. The number of hydrogen-bond acceptors (Lipinski definition) is 5. The third kappa shape index (κ3) is 2.82. The molecule has 0 unspecified atom stereocenters. The molecule has 1 aromatic heterocycles. The van der Waals surface area contributed by atoms with E-state index in [2.05, 4.69) is 11.0 Å². The third-order valence-electron chi connectivity index (χ3n) is 5.43. The van der Waals surface area contributed by atoms with Crippen molar-refractivity contribution in [2.45, 2.75) is 18.9 Å². The molecule has 9 heteroatoms. The van der Waals surface area contributed by atoms with Crippen molar-refractivity contribution in [2.75, 3.05) is 38.1 Å². The minimum Gasteiger partial charge on any atom is -0.477 e. The summed E-state index contributed by atoms with van der Waals surface area (Å²) in [4.78, 5) is 28.2. The zero-order chi connectivity index (χ0) is 20.2. The molecular weight excluding hydrogens is 387 g/mol. The number of nitriles is 1. The fraction of sp³-hybridized carbons (Fsp3) is 0.421. The SMILES string of the molecule is CN1CCN(c2c(F)c(Cl)c3c(=O)c(C(=O)O)cn(C4CC4)c3c2C#N)CC1. The molecule has 4 rings (SSSR count). The summed E-state index contributed by atoms with van der Waals surface area (Å²) in [5.74, 6) is -2.25. The number of carbonyl (C=O) groups is 1. The molecule has 1 N–H and O–H groups in total. The van der Waals surface area contributed by atoms with Crippen LogP contribution in [0.2, 0.25) is 5.02 Å². The van der Waals surface area contributed by atoms with Gasteiger partial charge in [-0.1, -0.05) is 11.6 Å². The van der Waals surface area contributed by atoms with Gasteiger partial charge in [0.25, 0.3) is 0 Å². The first-order valence-corrected chi connectivity index (χ1v) is 9.39. The number of rotatable bonds is 3. The van der Waals surface area contributed by atoms with Crippen molar-refractivity contribution in [2.24, 2.45) is 0 Å². The second-order valence-corrected chi connectivity index (χ2v) is 7.67. The van der Waals surface area contributed by atoms with E-state index in [0.717, 1.165) is 12.8 Å². The van der Waals surface area contributed by atoms with Crippen LogP contribution >= 0.6 is 11.6 Å². The summed E-state index contributed by atoms with van der Waals surface area (Å²) in [6.45, 7) is 2.44. The van der Waals surface area contributed by atoms with Crippen molar-refractivity contribution >= 4 is 34.2 Å². The van der Waals surface area contributed by atoms with Crippen molar-refractivity contribution in [3.8, 4) is 6.07 Å². The molecule has 28 heavy (non-hydrogen) atoms. The van der Waals surface area contributed by atoms with Gasteiger partial charge in [0.2, 0.25) is 5.43 Å². The van der Waals surface area contributed by atoms with E-state index in [9.17, 15) is 20.0 Å². The van der Waals surface area contributed by atoms with Crippen LogP contribution in [0.5, 0.6) is 0 Å². The van der Waals surface area contributed by atoms with Gasteiger partial charge in [0.1, 0.15) is 17.2 Å². The van der Waals surface area contributed by atoms with Crippen LogP contribution in [-0.4, -0.2) is 53.8 Å². The van der Waals surface area contributed by atoms with Crippen LogP contribution in [0.4, 0.5) is 10.1 Å². The Kier molecular flexibility index (Phi) is 4.52. The molecule has 1 aliphatic carbocycles. The molecule has 0 radical (unpaired) electrons. The van der Waals surface area contributed by atoms with Gasteiger partial charge in [-0.05, 0) is 19.9 Å². The number of anilines is 1. The van der Waals surface area contributed by atoms with Crippen LogP contribution in [0.25, 0.3) is 10.9 Å². The molecule has 0 spiro atoms. The Hall–Kier alpha value is -2.63. The third-order valence-corrected chi connectivity index (χ3v) is 5.79. The summed E-state index contributed by atoms with van der Waals surface area (Å²) < 4.78 is 16.9. The van der Waals surface area contributed by atoms with Gasteiger partial charge in [0, 0.05) is 38.4 Å².